The monoisotopic (exact) mass is 276 g/mol. The summed E-state index contributed by atoms with van der Waals surface area (Å²) >= 11 is 0. The van der Waals surface area contributed by atoms with Gasteiger partial charge in [-0.05, 0) is 18.2 Å². The van der Waals surface area contributed by atoms with E-state index in [0.29, 0.717) is 17.1 Å². The molecule has 3 heterocycles. The van der Waals surface area contributed by atoms with E-state index in [2.05, 4.69) is 9.80 Å². The second kappa shape index (κ2) is 5.42. The van der Waals surface area contributed by atoms with Crippen LogP contribution in [0.3, 0.4) is 0 Å². The molecule has 3 aliphatic heterocycles. The first-order chi connectivity index (χ1) is 9.72. The molecule has 5 heteroatoms. The molecule has 3 fully saturated rings. The topological polar surface area (TPSA) is 42.0 Å². The van der Waals surface area contributed by atoms with E-state index >= 15 is 0 Å². The summed E-state index contributed by atoms with van der Waals surface area (Å²) in [5.41, 5.74) is 0.616. The van der Waals surface area contributed by atoms with Crippen molar-refractivity contribution < 1.29 is 14.3 Å². The van der Waals surface area contributed by atoms with Gasteiger partial charge in [0.25, 0.3) is 0 Å². The van der Waals surface area contributed by atoms with Gasteiger partial charge in [0.1, 0.15) is 11.5 Å². The van der Waals surface area contributed by atoms with Gasteiger partial charge < -0.3 is 9.47 Å². The van der Waals surface area contributed by atoms with Crippen LogP contribution in [0.15, 0.2) is 18.2 Å². The summed E-state index contributed by atoms with van der Waals surface area (Å²) in [5, 5.41) is 0. The minimum atomic E-state index is -0.0569. The van der Waals surface area contributed by atoms with Crippen molar-refractivity contribution in [2.24, 2.45) is 0 Å². The molecule has 3 aliphatic rings. The normalized spacial score (nSPS) is 28.2. The van der Waals surface area contributed by atoms with Crippen molar-refractivity contribution in [2.45, 2.75) is 6.04 Å². The maximum atomic E-state index is 12.8. The lowest BCUT2D eigenvalue weighted by Gasteiger charge is -2.46. The van der Waals surface area contributed by atoms with E-state index < -0.39 is 0 Å². The Morgan fingerprint density at radius 3 is 2.45 bits per heavy atom. The van der Waals surface area contributed by atoms with Crippen LogP contribution in [-0.4, -0.2) is 68.6 Å². The molecule has 20 heavy (non-hydrogen) atoms. The van der Waals surface area contributed by atoms with Crippen LogP contribution in [0.4, 0.5) is 0 Å². The molecule has 0 aliphatic carbocycles. The molecule has 0 N–H and O–H groups in total. The summed E-state index contributed by atoms with van der Waals surface area (Å²) in [5.74, 6) is 1.43. The summed E-state index contributed by atoms with van der Waals surface area (Å²) < 4.78 is 10.6. The predicted octanol–water partition coefficient (Wildman–Crippen LogP) is 0.886. The number of fused-ring (bicyclic) bond motifs is 3. The number of ether oxygens (including phenoxy) is 2. The molecule has 0 aromatic heterocycles. The lowest BCUT2D eigenvalue weighted by molar-refractivity contribution is 0.0158. The predicted molar refractivity (Wildman–Crippen MR) is 75.7 cm³/mol. The molecule has 5 nitrogen and oxygen atoms in total. The van der Waals surface area contributed by atoms with E-state index in [-0.39, 0.29) is 11.8 Å². The largest absolute Gasteiger partial charge is 0.497 e. The fraction of sp³-hybridized carbons (Fsp3) is 0.533. The lowest BCUT2D eigenvalue weighted by Crippen LogP contribution is -2.63. The van der Waals surface area contributed by atoms with Crippen LogP contribution in [0.2, 0.25) is 0 Å². The highest BCUT2D eigenvalue weighted by atomic mass is 16.5. The number of piperazine rings is 3. The summed E-state index contributed by atoms with van der Waals surface area (Å²) in [4.78, 5) is 17.5. The van der Waals surface area contributed by atoms with Gasteiger partial charge in [-0.15, -0.1) is 0 Å². The number of hydrogen-bond acceptors (Lipinski definition) is 5. The van der Waals surface area contributed by atoms with Crippen molar-refractivity contribution in [1.82, 2.24) is 9.80 Å². The molecule has 4 rings (SSSR count). The van der Waals surface area contributed by atoms with Gasteiger partial charge in [0, 0.05) is 32.7 Å². The Labute approximate surface area is 119 Å². The number of hydrogen-bond donors (Lipinski definition) is 0. The SMILES string of the molecule is COc1ccc(OC)c(C(=O)C2CN3CCN2CC3)c1. The molecule has 0 amide bonds. The third-order valence-electron chi connectivity index (χ3n) is 4.25. The van der Waals surface area contributed by atoms with E-state index in [1.165, 1.54) is 0 Å². The minimum absolute atomic E-state index is 0.0569. The average molecular weight is 276 g/mol. The second-order valence-electron chi connectivity index (χ2n) is 5.28. The fourth-order valence-corrected chi connectivity index (χ4v) is 3.05. The van der Waals surface area contributed by atoms with Gasteiger partial charge >= 0.3 is 0 Å². The quantitative estimate of drug-likeness (QED) is 0.764. The molecule has 108 valence electrons. The van der Waals surface area contributed by atoms with Gasteiger partial charge in [-0.25, -0.2) is 0 Å². The Kier molecular flexibility index (Phi) is 3.63. The van der Waals surface area contributed by atoms with E-state index in [0.717, 1.165) is 32.7 Å². The minimum Gasteiger partial charge on any atom is -0.497 e. The van der Waals surface area contributed by atoms with E-state index in [9.17, 15) is 4.79 Å². The van der Waals surface area contributed by atoms with Gasteiger partial charge in [-0.3, -0.25) is 14.6 Å². The smallest absolute Gasteiger partial charge is 0.185 e. The average Bonchev–Trinajstić information content (AvgIpc) is 2.54. The van der Waals surface area contributed by atoms with Crippen LogP contribution in [0.5, 0.6) is 11.5 Å². The van der Waals surface area contributed by atoms with E-state index in [1.54, 1.807) is 26.4 Å². The zero-order chi connectivity index (χ0) is 14.1. The second-order valence-corrected chi connectivity index (χ2v) is 5.28. The molecular formula is C15H20N2O3. The lowest BCUT2D eigenvalue weighted by atomic mass is 9.97. The molecule has 0 saturated carbocycles. The number of methoxy groups -OCH3 is 2. The third kappa shape index (κ3) is 2.27. The zero-order valence-electron chi connectivity index (χ0n) is 12.0. The standard InChI is InChI=1S/C15H20N2O3/c1-19-11-3-4-14(20-2)12(9-11)15(18)13-10-16-5-7-17(13)8-6-16/h3-4,9,13H,5-8,10H2,1-2H3. The van der Waals surface area contributed by atoms with Crippen LogP contribution in [0, 0.1) is 0 Å². The molecule has 1 unspecified atom stereocenters. The van der Waals surface area contributed by atoms with Gasteiger partial charge in [0.15, 0.2) is 5.78 Å². The van der Waals surface area contributed by atoms with Gasteiger partial charge in [-0.2, -0.15) is 0 Å². The van der Waals surface area contributed by atoms with Crippen molar-refractivity contribution in [3.8, 4) is 11.5 Å². The number of rotatable bonds is 4. The Hall–Kier alpha value is -1.59. The Morgan fingerprint density at radius 1 is 1.15 bits per heavy atom. The summed E-state index contributed by atoms with van der Waals surface area (Å²) in [6.07, 6.45) is 0. The van der Waals surface area contributed by atoms with Crippen LogP contribution in [-0.2, 0) is 0 Å². The fourth-order valence-electron chi connectivity index (χ4n) is 3.05. The van der Waals surface area contributed by atoms with Crippen LogP contribution in [0.25, 0.3) is 0 Å². The van der Waals surface area contributed by atoms with Crippen molar-refractivity contribution in [2.75, 3.05) is 46.9 Å². The van der Waals surface area contributed by atoms with Crippen molar-refractivity contribution in [3.63, 3.8) is 0 Å². The van der Waals surface area contributed by atoms with Gasteiger partial charge in [-0.1, -0.05) is 0 Å². The number of carbonyl (C=O) groups excluding carboxylic acids is 1. The highest BCUT2D eigenvalue weighted by molar-refractivity contribution is 6.03. The summed E-state index contributed by atoms with van der Waals surface area (Å²) in [7, 11) is 3.20. The number of benzene rings is 1. The first-order valence-electron chi connectivity index (χ1n) is 6.95. The number of Topliss-reactive ketones (excluding diaryl/α,β-unsaturated/α-hetero) is 1. The van der Waals surface area contributed by atoms with Crippen molar-refractivity contribution >= 4 is 5.78 Å². The zero-order valence-corrected chi connectivity index (χ0v) is 12.0. The van der Waals surface area contributed by atoms with Crippen molar-refractivity contribution in [3.05, 3.63) is 23.8 Å². The number of nitrogens with zero attached hydrogens (tertiary/aromatic N) is 2. The molecule has 1 aromatic carbocycles. The van der Waals surface area contributed by atoms with Crippen LogP contribution < -0.4 is 9.47 Å². The highest BCUT2D eigenvalue weighted by Gasteiger charge is 2.37. The first kappa shape index (κ1) is 13.4. The van der Waals surface area contributed by atoms with E-state index in [1.807, 2.05) is 6.07 Å². The van der Waals surface area contributed by atoms with Crippen LogP contribution in [0.1, 0.15) is 10.4 Å². The molecule has 2 bridgehead atoms. The molecule has 0 radical (unpaired) electrons. The molecule has 1 atom stereocenters. The van der Waals surface area contributed by atoms with Crippen LogP contribution >= 0.6 is 0 Å². The molecule has 0 spiro atoms. The van der Waals surface area contributed by atoms with E-state index in [4.69, 9.17) is 9.47 Å². The molecule has 1 aromatic rings. The third-order valence-corrected chi connectivity index (χ3v) is 4.25. The summed E-state index contributed by atoms with van der Waals surface area (Å²) in [6, 6.07) is 5.33. The Balaban J connectivity index is 1.89. The van der Waals surface area contributed by atoms with Gasteiger partial charge in [0.2, 0.25) is 0 Å². The molecule has 3 saturated heterocycles. The number of ketones is 1. The van der Waals surface area contributed by atoms with Gasteiger partial charge in [0.05, 0.1) is 25.8 Å². The maximum Gasteiger partial charge on any atom is 0.185 e. The number of carbonyl (C=O) groups is 1. The van der Waals surface area contributed by atoms with Crippen molar-refractivity contribution in [1.29, 1.82) is 0 Å². The summed E-state index contributed by atoms with van der Waals surface area (Å²) in [6.45, 7) is 4.91. The first-order valence-corrected chi connectivity index (χ1v) is 6.95. The highest BCUT2D eigenvalue weighted by Crippen LogP contribution is 2.28. The molecular weight excluding hydrogens is 256 g/mol. The maximum absolute atomic E-state index is 12.8. The Bertz CT molecular complexity index is 510. The Morgan fingerprint density at radius 2 is 1.90 bits per heavy atom.